The maximum atomic E-state index is 13.3. The van der Waals surface area contributed by atoms with Gasteiger partial charge in [0.25, 0.3) is 15.9 Å². The molecule has 0 aliphatic carbocycles. The monoisotopic (exact) mass is 492 g/mol. The molecule has 0 saturated carbocycles. The lowest BCUT2D eigenvalue weighted by Gasteiger charge is -2.25. The third-order valence-electron chi connectivity index (χ3n) is 6.43. The number of rotatable bonds is 7. The van der Waals surface area contributed by atoms with Crippen LogP contribution in [0.1, 0.15) is 35.2 Å². The van der Waals surface area contributed by atoms with Crippen molar-refractivity contribution < 1.29 is 22.7 Å². The van der Waals surface area contributed by atoms with E-state index in [9.17, 15) is 13.2 Å². The molecule has 1 fully saturated rings. The van der Waals surface area contributed by atoms with E-state index in [2.05, 4.69) is 16.9 Å². The Bertz CT molecular complexity index is 1310. The molecule has 35 heavy (non-hydrogen) atoms. The SMILES string of the molecule is O=C(c1cccc(NS(=O)(=O)c2ccc3c(c2)OCCO3)c1)N1CCCC1CCc1ccccc1. The number of anilines is 1. The molecule has 3 aromatic rings. The molecule has 2 aliphatic rings. The van der Waals surface area contributed by atoms with E-state index in [0.717, 1.165) is 25.7 Å². The van der Waals surface area contributed by atoms with E-state index in [-0.39, 0.29) is 16.8 Å². The van der Waals surface area contributed by atoms with Gasteiger partial charge >= 0.3 is 0 Å². The van der Waals surface area contributed by atoms with Crippen LogP contribution in [0.4, 0.5) is 5.69 Å². The third-order valence-corrected chi connectivity index (χ3v) is 7.81. The molecule has 2 heterocycles. The maximum absolute atomic E-state index is 13.3. The van der Waals surface area contributed by atoms with Crippen LogP contribution in [0.3, 0.4) is 0 Å². The zero-order valence-corrected chi connectivity index (χ0v) is 20.2. The number of amides is 1. The zero-order valence-electron chi connectivity index (χ0n) is 19.4. The molecule has 1 unspecified atom stereocenters. The summed E-state index contributed by atoms with van der Waals surface area (Å²) in [6.45, 7) is 1.52. The van der Waals surface area contributed by atoms with Crippen molar-refractivity contribution in [3.8, 4) is 11.5 Å². The molecule has 1 saturated heterocycles. The van der Waals surface area contributed by atoms with E-state index in [0.29, 0.717) is 42.5 Å². The molecule has 0 bridgehead atoms. The van der Waals surface area contributed by atoms with Crippen molar-refractivity contribution in [2.45, 2.75) is 36.6 Å². The largest absolute Gasteiger partial charge is 0.486 e. The number of hydrogen-bond donors (Lipinski definition) is 1. The summed E-state index contributed by atoms with van der Waals surface area (Å²) in [6, 6.07) is 21.7. The van der Waals surface area contributed by atoms with E-state index in [1.54, 1.807) is 30.3 Å². The molecule has 8 heteroatoms. The minimum absolute atomic E-state index is 0.0685. The van der Waals surface area contributed by atoms with Gasteiger partial charge in [0.1, 0.15) is 13.2 Å². The number of likely N-dealkylation sites (tertiary alicyclic amines) is 1. The van der Waals surface area contributed by atoms with Crippen LogP contribution in [0.15, 0.2) is 77.7 Å². The fraction of sp³-hybridized carbons (Fsp3) is 0.296. The minimum Gasteiger partial charge on any atom is -0.486 e. The van der Waals surface area contributed by atoms with Crippen molar-refractivity contribution in [2.24, 2.45) is 0 Å². The minimum atomic E-state index is -3.87. The molecule has 1 atom stereocenters. The average Bonchev–Trinajstić information content (AvgIpc) is 3.36. The summed E-state index contributed by atoms with van der Waals surface area (Å²) in [5, 5.41) is 0. The van der Waals surface area contributed by atoms with Gasteiger partial charge in [-0.05, 0) is 61.6 Å². The summed E-state index contributed by atoms with van der Waals surface area (Å²) in [5.74, 6) is 0.856. The number of sulfonamides is 1. The van der Waals surface area contributed by atoms with Gasteiger partial charge in [-0.2, -0.15) is 0 Å². The normalized spacial score (nSPS) is 17.3. The van der Waals surface area contributed by atoms with Crippen molar-refractivity contribution >= 4 is 21.6 Å². The van der Waals surface area contributed by atoms with Gasteiger partial charge in [0.05, 0.1) is 4.90 Å². The van der Waals surface area contributed by atoms with Gasteiger partial charge < -0.3 is 14.4 Å². The Balaban J connectivity index is 1.29. The fourth-order valence-corrected chi connectivity index (χ4v) is 5.73. The Hall–Kier alpha value is -3.52. The van der Waals surface area contributed by atoms with Crippen LogP contribution >= 0.6 is 0 Å². The molecule has 1 amide bonds. The summed E-state index contributed by atoms with van der Waals surface area (Å²) in [6.07, 6.45) is 3.79. The van der Waals surface area contributed by atoms with Crippen LogP contribution in [0.25, 0.3) is 0 Å². The average molecular weight is 493 g/mol. The van der Waals surface area contributed by atoms with Gasteiger partial charge in [-0.15, -0.1) is 0 Å². The molecule has 2 aliphatic heterocycles. The van der Waals surface area contributed by atoms with Crippen LogP contribution in [-0.2, 0) is 16.4 Å². The Morgan fingerprint density at radius 1 is 0.943 bits per heavy atom. The lowest BCUT2D eigenvalue weighted by molar-refractivity contribution is 0.0730. The number of carbonyl (C=O) groups is 1. The highest BCUT2D eigenvalue weighted by molar-refractivity contribution is 7.92. The van der Waals surface area contributed by atoms with Crippen LogP contribution in [-0.4, -0.2) is 45.0 Å². The number of benzene rings is 3. The van der Waals surface area contributed by atoms with Crippen molar-refractivity contribution in [1.82, 2.24) is 4.90 Å². The molecular formula is C27H28N2O5S. The molecule has 0 aromatic heterocycles. The topological polar surface area (TPSA) is 84.9 Å². The zero-order chi connectivity index (χ0) is 24.3. The summed E-state index contributed by atoms with van der Waals surface area (Å²) in [7, 11) is -3.87. The molecule has 0 spiro atoms. The quantitative estimate of drug-likeness (QED) is 0.525. The van der Waals surface area contributed by atoms with Gasteiger partial charge in [0.2, 0.25) is 0 Å². The first-order valence-corrected chi connectivity index (χ1v) is 13.4. The third kappa shape index (κ3) is 5.27. The van der Waals surface area contributed by atoms with Gasteiger partial charge in [0.15, 0.2) is 11.5 Å². The van der Waals surface area contributed by atoms with Gasteiger partial charge in [-0.25, -0.2) is 8.42 Å². The number of aryl methyl sites for hydroxylation is 1. The second kappa shape index (κ2) is 10.00. The lowest BCUT2D eigenvalue weighted by atomic mass is 10.0. The summed E-state index contributed by atoms with van der Waals surface area (Å²) >= 11 is 0. The number of nitrogens with one attached hydrogen (secondary N) is 1. The Morgan fingerprint density at radius 3 is 2.57 bits per heavy atom. The van der Waals surface area contributed by atoms with Crippen molar-refractivity contribution in [3.63, 3.8) is 0 Å². The van der Waals surface area contributed by atoms with Gasteiger partial charge in [-0.3, -0.25) is 9.52 Å². The first-order valence-electron chi connectivity index (χ1n) is 11.9. The Labute approximate surface area is 205 Å². The molecule has 1 N–H and O–H groups in total. The number of hydrogen-bond acceptors (Lipinski definition) is 5. The van der Waals surface area contributed by atoms with Crippen LogP contribution < -0.4 is 14.2 Å². The first-order chi connectivity index (χ1) is 17.0. The highest BCUT2D eigenvalue weighted by Crippen LogP contribution is 2.33. The fourth-order valence-electron chi connectivity index (χ4n) is 4.67. The summed E-state index contributed by atoms with van der Waals surface area (Å²) < 4.78 is 39.6. The predicted octanol–water partition coefficient (Wildman–Crippen LogP) is 4.50. The molecule has 5 rings (SSSR count). The number of ether oxygens (including phenoxy) is 2. The predicted molar refractivity (Wildman–Crippen MR) is 134 cm³/mol. The van der Waals surface area contributed by atoms with Gasteiger partial charge in [0, 0.05) is 29.9 Å². The Kier molecular flexibility index (Phi) is 6.63. The van der Waals surface area contributed by atoms with Gasteiger partial charge in [-0.1, -0.05) is 36.4 Å². The lowest BCUT2D eigenvalue weighted by Crippen LogP contribution is -2.35. The second-order valence-electron chi connectivity index (χ2n) is 8.81. The molecule has 7 nitrogen and oxygen atoms in total. The van der Waals surface area contributed by atoms with Crippen molar-refractivity contribution in [3.05, 3.63) is 83.9 Å². The second-order valence-corrected chi connectivity index (χ2v) is 10.5. The number of nitrogens with zero attached hydrogens (tertiary/aromatic N) is 1. The number of fused-ring (bicyclic) bond motifs is 1. The maximum Gasteiger partial charge on any atom is 0.262 e. The van der Waals surface area contributed by atoms with Crippen molar-refractivity contribution in [2.75, 3.05) is 24.5 Å². The van der Waals surface area contributed by atoms with E-state index in [1.807, 2.05) is 23.1 Å². The smallest absolute Gasteiger partial charge is 0.262 e. The van der Waals surface area contributed by atoms with Crippen LogP contribution in [0.2, 0.25) is 0 Å². The van der Waals surface area contributed by atoms with Crippen molar-refractivity contribution in [1.29, 1.82) is 0 Å². The molecule has 0 radical (unpaired) electrons. The highest BCUT2D eigenvalue weighted by Gasteiger charge is 2.29. The van der Waals surface area contributed by atoms with Crippen LogP contribution in [0, 0.1) is 0 Å². The summed E-state index contributed by atoms with van der Waals surface area (Å²) in [5.41, 5.74) is 2.08. The molecule has 3 aromatic carbocycles. The first kappa shape index (κ1) is 23.2. The van der Waals surface area contributed by atoms with E-state index >= 15 is 0 Å². The molecular weight excluding hydrogens is 464 g/mol. The van der Waals surface area contributed by atoms with E-state index in [1.165, 1.54) is 17.7 Å². The molecule has 182 valence electrons. The van der Waals surface area contributed by atoms with Crippen LogP contribution in [0.5, 0.6) is 11.5 Å². The number of carbonyl (C=O) groups excluding carboxylic acids is 1. The standard InChI is InChI=1S/C27H28N2O5S/c30-27(29-15-5-10-23(29)12-11-20-6-2-1-3-7-20)21-8-4-9-22(18-21)28-35(31,32)24-13-14-25-26(19-24)34-17-16-33-25/h1-4,6-9,13-14,18-19,23,28H,5,10-12,15-17H2. The highest BCUT2D eigenvalue weighted by atomic mass is 32.2. The van der Waals surface area contributed by atoms with E-state index < -0.39 is 10.0 Å². The Morgan fingerprint density at radius 2 is 1.74 bits per heavy atom. The summed E-state index contributed by atoms with van der Waals surface area (Å²) in [4.78, 5) is 15.3. The van der Waals surface area contributed by atoms with E-state index in [4.69, 9.17) is 9.47 Å².